The molecule has 1 aliphatic heterocycles. The molecule has 206 valence electrons. The van der Waals surface area contributed by atoms with E-state index in [1.807, 2.05) is 6.07 Å². The van der Waals surface area contributed by atoms with Gasteiger partial charge in [-0.25, -0.2) is 13.2 Å². The molecule has 0 aromatic heterocycles. The number of hydrogen-bond acceptors (Lipinski definition) is 4. The third-order valence-electron chi connectivity index (χ3n) is 6.50. The Hall–Kier alpha value is -2.75. The Bertz CT molecular complexity index is 1190. The highest BCUT2D eigenvalue weighted by Gasteiger charge is 2.24. The molecular weight excluding hydrogens is 507 g/mol. The van der Waals surface area contributed by atoms with Crippen LogP contribution >= 0.6 is 0 Å². The van der Waals surface area contributed by atoms with Crippen LogP contribution in [0.1, 0.15) is 55.6 Å². The van der Waals surface area contributed by atoms with Crippen LogP contribution in [0.15, 0.2) is 42.5 Å². The van der Waals surface area contributed by atoms with Crippen molar-refractivity contribution in [3.63, 3.8) is 0 Å². The molecule has 0 spiro atoms. The predicted molar refractivity (Wildman–Crippen MR) is 133 cm³/mol. The summed E-state index contributed by atoms with van der Waals surface area (Å²) in [6, 6.07) is 10.4. The normalized spacial score (nSPS) is 17.9. The highest BCUT2D eigenvalue weighted by atomic mass is 19.3. The predicted octanol–water partition coefficient (Wildman–Crippen LogP) is 7.65. The number of rotatable bonds is 12. The molecule has 4 nitrogen and oxygen atoms in total. The van der Waals surface area contributed by atoms with Crippen LogP contribution in [0.5, 0.6) is 5.75 Å². The van der Waals surface area contributed by atoms with Crippen molar-refractivity contribution in [1.29, 1.82) is 0 Å². The van der Waals surface area contributed by atoms with Crippen molar-refractivity contribution >= 4 is 10.8 Å². The summed E-state index contributed by atoms with van der Waals surface area (Å²) in [4.78, 5) is 0. The van der Waals surface area contributed by atoms with Crippen molar-refractivity contribution in [2.75, 3.05) is 19.8 Å². The largest absolute Gasteiger partial charge is 0.429 e. The highest BCUT2D eigenvalue weighted by Crippen LogP contribution is 2.30. The van der Waals surface area contributed by atoms with Gasteiger partial charge in [0, 0.05) is 17.6 Å². The molecule has 9 heteroatoms. The average molecular weight is 539 g/mol. The maximum absolute atomic E-state index is 15.2. The van der Waals surface area contributed by atoms with Crippen LogP contribution in [0, 0.1) is 17.5 Å². The van der Waals surface area contributed by atoms with Crippen LogP contribution in [-0.2, 0) is 27.1 Å². The molecule has 3 aromatic rings. The Kier molecular flexibility index (Phi) is 9.93. The molecule has 0 N–H and O–H groups in total. The van der Waals surface area contributed by atoms with Crippen LogP contribution in [-0.4, -0.2) is 32.5 Å². The van der Waals surface area contributed by atoms with E-state index >= 15 is 4.39 Å². The maximum Gasteiger partial charge on any atom is 0.387 e. The monoisotopic (exact) mass is 538 g/mol. The summed E-state index contributed by atoms with van der Waals surface area (Å²) in [7, 11) is 0. The number of benzene rings is 3. The standard InChI is InChI=1S/C29H31F5O4/c1-2-3-4-5-12-35-22-16-36-28(37-17-22)21-10-11-23-20(15-21)9-8-19(26(23)32)7-6-18-13-24(30)27(25(31)14-18)38-29(33)34/h8-11,13-15,22,28-29H,2-7,12,16-17H2,1H3. The number of ether oxygens (including phenoxy) is 4. The molecule has 0 atom stereocenters. The van der Waals surface area contributed by atoms with Gasteiger partial charge in [-0.05, 0) is 54.0 Å². The lowest BCUT2D eigenvalue weighted by molar-refractivity contribution is -0.230. The van der Waals surface area contributed by atoms with Crippen molar-refractivity contribution in [3.8, 4) is 5.75 Å². The van der Waals surface area contributed by atoms with Gasteiger partial charge >= 0.3 is 6.61 Å². The van der Waals surface area contributed by atoms with Gasteiger partial charge in [-0.1, -0.05) is 50.5 Å². The van der Waals surface area contributed by atoms with E-state index in [1.54, 1.807) is 24.3 Å². The topological polar surface area (TPSA) is 36.9 Å². The molecule has 0 radical (unpaired) electrons. The molecular formula is C29H31F5O4. The molecule has 4 rings (SSSR count). The fourth-order valence-corrected chi connectivity index (χ4v) is 4.49. The van der Waals surface area contributed by atoms with E-state index in [9.17, 15) is 17.6 Å². The number of aryl methyl sites for hydroxylation is 2. The van der Waals surface area contributed by atoms with Gasteiger partial charge < -0.3 is 18.9 Å². The molecule has 0 saturated carbocycles. The molecule has 1 saturated heterocycles. The fourth-order valence-electron chi connectivity index (χ4n) is 4.49. The number of unbranched alkanes of at least 4 members (excludes halogenated alkanes) is 3. The molecule has 0 aliphatic carbocycles. The van der Waals surface area contributed by atoms with E-state index in [0.717, 1.165) is 30.5 Å². The van der Waals surface area contributed by atoms with E-state index < -0.39 is 36.1 Å². The van der Waals surface area contributed by atoms with E-state index in [4.69, 9.17) is 14.2 Å². The summed E-state index contributed by atoms with van der Waals surface area (Å²) < 4.78 is 89.3. The molecule has 3 aromatic carbocycles. The van der Waals surface area contributed by atoms with E-state index in [-0.39, 0.29) is 24.5 Å². The number of fused-ring (bicyclic) bond motifs is 1. The van der Waals surface area contributed by atoms with E-state index in [0.29, 0.717) is 36.2 Å². The molecule has 1 aliphatic rings. The highest BCUT2D eigenvalue weighted by molar-refractivity contribution is 5.84. The summed E-state index contributed by atoms with van der Waals surface area (Å²) in [5.41, 5.74) is 1.33. The number of halogens is 5. The molecule has 1 fully saturated rings. The smallest absolute Gasteiger partial charge is 0.387 e. The SMILES string of the molecule is CCCCCCOC1COC(c2ccc3c(F)c(CCc4cc(F)c(OC(F)F)c(F)c4)ccc3c2)OC1. The first-order valence-corrected chi connectivity index (χ1v) is 12.8. The van der Waals surface area contributed by atoms with Gasteiger partial charge in [-0.2, -0.15) is 8.78 Å². The fraction of sp³-hybridized carbons (Fsp3) is 0.448. The zero-order valence-corrected chi connectivity index (χ0v) is 21.2. The van der Waals surface area contributed by atoms with Gasteiger partial charge in [0.15, 0.2) is 23.7 Å². The van der Waals surface area contributed by atoms with Gasteiger partial charge in [0.1, 0.15) is 11.9 Å². The molecule has 0 bridgehead atoms. The van der Waals surface area contributed by atoms with Crippen molar-refractivity contribution in [2.24, 2.45) is 0 Å². The van der Waals surface area contributed by atoms with E-state index in [2.05, 4.69) is 11.7 Å². The van der Waals surface area contributed by atoms with Crippen molar-refractivity contribution in [2.45, 2.75) is 64.5 Å². The summed E-state index contributed by atoms with van der Waals surface area (Å²) in [5, 5.41) is 1.06. The number of alkyl halides is 2. The zero-order valence-electron chi connectivity index (χ0n) is 21.2. The van der Waals surface area contributed by atoms with Gasteiger partial charge in [0.25, 0.3) is 0 Å². The third-order valence-corrected chi connectivity index (χ3v) is 6.50. The third kappa shape index (κ3) is 7.21. The molecule has 38 heavy (non-hydrogen) atoms. The minimum atomic E-state index is -3.34. The molecule has 0 unspecified atom stereocenters. The van der Waals surface area contributed by atoms with Crippen molar-refractivity contribution in [3.05, 3.63) is 76.6 Å². The molecule has 1 heterocycles. The second-order valence-corrected chi connectivity index (χ2v) is 9.34. The Labute approximate surface area is 218 Å². The summed E-state index contributed by atoms with van der Waals surface area (Å²) in [6.07, 6.45) is 4.12. The Morgan fingerprint density at radius 3 is 2.32 bits per heavy atom. The van der Waals surface area contributed by atoms with Gasteiger partial charge in [0.05, 0.1) is 13.2 Å². The van der Waals surface area contributed by atoms with Gasteiger partial charge in [0.2, 0.25) is 0 Å². The average Bonchev–Trinajstić information content (AvgIpc) is 2.90. The number of hydrogen-bond donors (Lipinski definition) is 0. The summed E-state index contributed by atoms with van der Waals surface area (Å²) >= 11 is 0. The lowest BCUT2D eigenvalue weighted by atomic mass is 9.98. The Morgan fingerprint density at radius 1 is 0.895 bits per heavy atom. The first-order valence-electron chi connectivity index (χ1n) is 12.8. The minimum absolute atomic E-state index is 0.106. The minimum Gasteiger partial charge on any atom is -0.429 e. The quantitative estimate of drug-likeness (QED) is 0.175. The summed E-state index contributed by atoms with van der Waals surface area (Å²) in [6.45, 7) is 0.337. The van der Waals surface area contributed by atoms with Crippen LogP contribution in [0.3, 0.4) is 0 Å². The van der Waals surface area contributed by atoms with E-state index in [1.165, 1.54) is 12.8 Å². The first kappa shape index (κ1) is 28.3. The van der Waals surface area contributed by atoms with Gasteiger partial charge in [-0.3, -0.25) is 0 Å². The molecule has 0 amide bonds. The van der Waals surface area contributed by atoms with Crippen LogP contribution in [0.4, 0.5) is 22.0 Å². The maximum atomic E-state index is 15.2. The first-order chi connectivity index (χ1) is 18.4. The summed E-state index contributed by atoms with van der Waals surface area (Å²) in [5.74, 6) is -4.03. The Morgan fingerprint density at radius 2 is 1.63 bits per heavy atom. The van der Waals surface area contributed by atoms with Crippen LogP contribution in [0.2, 0.25) is 0 Å². The van der Waals surface area contributed by atoms with Crippen LogP contribution < -0.4 is 4.74 Å². The second kappa shape index (κ2) is 13.4. The van der Waals surface area contributed by atoms with Crippen LogP contribution in [0.25, 0.3) is 10.8 Å². The lowest BCUT2D eigenvalue weighted by Gasteiger charge is -2.29. The zero-order chi connectivity index (χ0) is 27.1. The van der Waals surface area contributed by atoms with Gasteiger partial charge in [-0.15, -0.1) is 0 Å². The van der Waals surface area contributed by atoms with Crippen molar-refractivity contribution < 1.29 is 40.9 Å². The lowest BCUT2D eigenvalue weighted by Crippen LogP contribution is -2.33. The van der Waals surface area contributed by atoms with Crippen molar-refractivity contribution in [1.82, 2.24) is 0 Å². The Balaban J connectivity index is 1.36. The second-order valence-electron chi connectivity index (χ2n) is 9.34.